The Kier molecular flexibility index (Phi) is 3.56. The van der Waals surface area contributed by atoms with E-state index in [1.165, 1.54) is 12.8 Å². The van der Waals surface area contributed by atoms with Crippen molar-refractivity contribution in [2.45, 2.75) is 44.8 Å². The predicted molar refractivity (Wildman–Crippen MR) is 70.4 cm³/mol. The predicted octanol–water partition coefficient (Wildman–Crippen LogP) is 1.03. The number of carbonyl (C=O) groups is 1. The molecule has 5 heteroatoms. The lowest BCUT2D eigenvalue weighted by molar-refractivity contribution is -0.0528. The molecule has 104 valence electrons. The van der Waals surface area contributed by atoms with Crippen molar-refractivity contribution in [3.8, 4) is 0 Å². The lowest BCUT2D eigenvalue weighted by Crippen LogP contribution is -2.74. The second-order valence-corrected chi connectivity index (χ2v) is 6.46. The minimum absolute atomic E-state index is 0.00735. The molecule has 18 heavy (non-hydrogen) atoms. The maximum atomic E-state index is 11.9. The summed E-state index contributed by atoms with van der Waals surface area (Å²) in [5.41, 5.74) is 5.50. The highest BCUT2D eigenvalue weighted by atomic mass is 16.6. The van der Waals surface area contributed by atoms with Gasteiger partial charge in [-0.1, -0.05) is 0 Å². The van der Waals surface area contributed by atoms with Gasteiger partial charge in [0.2, 0.25) is 0 Å². The molecule has 0 unspecified atom stereocenters. The third kappa shape index (κ3) is 2.62. The summed E-state index contributed by atoms with van der Waals surface area (Å²) in [5.74, 6) is 0. The summed E-state index contributed by atoms with van der Waals surface area (Å²) in [6.45, 7) is 9.92. The van der Waals surface area contributed by atoms with E-state index in [2.05, 4.69) is 4.90 Å². The molecule has 2 fully saturated rings. The van der Waals surface area contributed by atoms with Crippen LogP contribution in [0.5, 0.6) is 0 Å². The van der Waals surface area contributed by atoms with Crippen LogP contribution in [-0.4, -0.2) is 59.8 Å². The van der Waals surface area contributed by atoms with Gasteiger partial charge in [0.05, 0.1) is 5.54 Å². The van der Waals surface area contributed by atoms with E-state index in [9.17, 15) is 4.79 Å². The van der Waals surface area contributed by atoms with Gasteiger partial charge in [-0.15, -0.1) is 0 Å². The van der Waals surface area contributed by atoms with E-state index in [-0.39, 0.29) is 11.6 Å². The molecule has 0 aromatic carbocycles. The van der Waals surface area contributed by atoms with Gasteiger partial charge in [-0.05, 0) is 46.7 Å². The largest absolute Gasteiger partial charge is 0.444 e. The standard InChI is InChI=1S/C13H25N3O2/c1-12(2,3)18-11(17)15-9-13(8-14,10-15)16-6-4-5-7-16/h4-10,14H2,1-3H3. The summed E-state index contributed by atoms with van der Waals surface area (Å²) in [6.07, 6.45) is 2.27. The van der Waals surface area contributed by atoms with Crippen LogP contribution in [0.1, 0.15) is 33.6 Å². The molecule has 1 amide bonds. The third-order valence-corrected chi connectivity index (χ3v) is 3.78. The zero-order chi connectivity index (χ0) is 13.4. The Morgan fingerprint density at radius 3 is 2.28 bits per heavy atom. The van der Waals surface area contributed by atoms with Crippen LogP contribution in [0.4, 0.5) is 4.79 Å². The normalized spacial score (nSPS) is 23.9. The van der Waals surface area contributed by atoms with E-state index in [4.69, 9.17) is 10.5 Å². The summed E-state index contributed by atoms with van der Waals surface area (Å²) < 4.78 is 5.37. The van der Waals surface area contributed by atoms with Crippen molar-refractivity contribution in [2.24, 2.45) is 5.73 Å². The number of hydrogen-bond donors (Lipinski definition) is 1. The quantitative estimate of drug-likeness (QED) is 0.800. The molecule has 0 atom stereocenters. The van der Waals surface area contributed by atoms with E-state index in [1.54, 1.807) is 4.90 Å². The van der Waals surface area contributed by atoms with Gasteiger partial charge in [0.15, 0.2) is 0 Å². The summed E-state index contributed by atoms with van der Waals surface area (Å²) in [5, 5.41) is 0. The van der Waals surface area contributed by atoms with Gasteiger partial charge >= 0.3 is 6.09 Å². The number of nitrogens with two attached hydrogens (primary N) is 1. The van der Waals surface area contributed by atoms with Crippen molar-refractivity contribution in [3.63, 3.8) is 0 Å². The number of likely N-dealkylation sites (tertiary alicyclic amines) is 2. The summed E-state index contributed by atoms with van der Waals surface area (Å²) in [6, 6.07) is 0. The number of amides is 1. The highest BCUT2D eigenvalue weighted by molar-refractivity contribution is 5.69. The van der Waals surface area contributed by atoms with Crippen LogP contribution in [0.3, 0.4) is 0 Å². The molecule has 2 N–H and O–H groups in total. The molecule has 0 radical (unpaired) electrons. The van der Waals surface area contributed by atoms with E-state index in [1.807, 2.05) is 20.8 Å². The van der Waals surface area contributed by atoms with E-state index in [0.29, 0.717) is 19.6 Å². The van der Waals surface area contributed by atoms with Crippen molar-refractivity contribution in [2.75, 3.05) is 32.7 Å². The molecule has 2 saturated heterocycles. The molecule has 2 aliphatic rings. The van der Waals surface area contributed by atoms with Crippen molar-refractivity contribution in [1.29, 1.82) is 0 Å². The summed E-state index contributed by atoms with van der Waals surface area (Å²) in [7, 11) is 0. The molecule has 2 aliphatic heterocycles. The first-order valence-corrected chi connectivity index (χ1v) is 6.79. The lowest BCUT2D eigenvalue weighted by Gasteiger charge is -2.54. The van der Waals surface area contributed by atoms with Gasteiger partial charge in [0.25, 0.3) is 0 Å². The van der Waals surface area contributed by atoms with E-state index >= 15 is 0 Å². The van der Waals surface area contributed by atoms with Crippen LogP contribution in [-0.2, 0) is 4.74 Å². The fourth-order valence-corrected chi connectivity index (χ4v) is 2.77. The van der Waals surface area contributed by atoms with E-state index < -0.39 is 5.60 Å². The minimum atomic E-state index is -0.425. The maximum Gasteiger partial charge on any atom is 0.410 e. The molecule has 0 spiro atoms. The Balaban J connectivity index is 1.89. The van der Waals surface area contributed by atoms with Crippen LogP contribution in [0, 0.1) is 0 Å². The molecule has 0 aromatic rings. The third-order valence-electron chi connectivity index (χ3n) is 3.78. The van der Waals surface area contributed by atoms with Gasteiger partial charge in [0, 0.05) is 19.6 Å². The number of ether oxygens (including phenoxy) is 1. The smallest absolute Gasteiger partial charge is 0.410 e. The second kappa shape index (κ2) is 4.70. The Bertz CT molecular complexity index is 313. The average molecular weight is 255 g/mol. The Morgan fingerprint density at radius 2 is 1.83 bits per heavy atom. The van der Waals surface area contributed by atoms with Gasteiger partial charge < -0.3 is 15.4 Å². The average Bonchev–Trinajstić information content (AvgIpc) is 2.67. The minimum Gasteiger partial charge on any atom is -0.444 e. The van der Waals surface area contributed by atoms with Crippen molar-refractivity contribution in [1.82, 2.24) is 9.80 Å². The topological polar surface area (TPSA) is 58.8 Å². The Morgan fingerprint density at radius 1 is 1.28 bits per heavy atom. The zero-order valence-electron chi connectivity index (χ0n) is 11.7. The van der Waals surface area contributed by atoms with Crippen LogP contribution < -0.4 is 5.73 Å². The molecule has 2 rings (SSSR count). The number of carbonyl (C=O) groups excluding carboxylic acids is 1. The molecule has 5 nitrogen and oxygen atoms in total. The first-order valence-electron chi connectivity index (χ1n) is 6.79. The fourth-order valence-electron chi connectivity index (χ4n) is 2.77. The number of nitrogens with zero attached hydrogens (tertiary/aromatic N) is 2. The molecule has 0 aromatic heterocycles. The molecule has 2 heterocycles. The highest BCUT2D eigenvalue weighted by Gasteiger charge is 2.49. The fraction of sp³-hybridized carbons (Fsp3) is 0.923. The summed E-state index contributed by atoms with van der Waals surface area (Å²) >= 11 is 0. The maximum absolute atomic E-state index is 11.9. The molecular weight excluding hydrogens is 230 g/mol. The van der Waals surface area contributed by atoms with Crippen LogP contribution in [0.2, 0.25) is 0 Å². The van der Waals surface area contributed by atoms with Gasteiger partial charge in [-0.25, -0.2) is 4.79 Å². The van der Waals surface area contributed by atoms with Crippen LogP contribution in [0.25, 0.3) is 0 Å². The van der Waals surface area contributed by atoms with Crippen molar-refractivity contribution in [3.05, 3.63) is 0 Å². The number of rotatable bonds is 2. The molecule has 0 bridgehead atoms. The molecule has 0 saturated carbocycles. The van der Waals surface area contributed by atoms with Gasteiger partial charge in [-0.3, -0.25) is 4.90 Å². The first-order chi connectivity index (χ1) is 8.36. The van der Waals surface area contributed by atoms with Crippen LogP contribution >= 0.6 is 0 Å². The number of hydrogen-bond acceptors (Lipinski definition) is 4. The molecule has 0 aliphatic carbocycles. The highest BCUT2D eigenvalue weighted by Crippen LogP contribution is 2.31. The van der Waals surface area contributed by atoms with Gasteiger partial charge in [0.1, 0.15) is 5.60 Å². The monoisotopic (exact) mass is 255 g/mol. The van der Waals surface area contributed by atoms with Crippen molar-refractivity contribution < 1.29 is 9.53 Å². The van der Waals surface area contributed by atoms with E-state index in [0.717, 1.165) is 13.1 Å². The molecular formula is C13H25N3O2. The first kappa shape index (κ1) is 13.6. The van der Waals surface area contributed by atoms with Crippen LogP contribution in [0.15, 0.2) is 0 Å². The lowest BCUT2D eigenvalue weighted by atomic mass is 9.88. The second-order valence-electron chi connectivity index (χ2n) is 6.46. The summed E-state index contributed by atoms with van der Waals surface area (Å²) in [4.78, 5) is 16.1. The Labute approximate surface area is 109 Å². The Hall–Kier alpha value is -0.810. The van der Waals surface area contributed by atoms with Gasteiger partial charge in [-0.2, -0.15) is 0 Å². The van der Waals surface area contributed by atoms with Crippen molar-refractivity contribution >= 4 is 6.09 Å². The SMILES string of the molecule is CC(C)(C)OC(=O)N1CC(CN)(N2CCCC2)C1. The zero-order valence-corrected chi connectivity index (χ0v) is 11.7.